The Hall–Kier alpha value is -2.11. The van der Waals surface area contributed by atoms with E-state index in [9.17, 15) is 4.79 Å². The van der Waals surface area contributed by atoms with Gasteiger partial charge in [0.25, 0.3) is 0 Å². The van der Waals surface area contributed by atoms with Gasteiger partial charge in [-0.05, 0) is 37.1 Å². The molecule has 112 valence electrons. The molecule has 22 heavy (non-hydrogen) atoms. The van der Waals surface area contributed by atoms with Crippen molar-refractivity contribution in [3.05, 3.63) is 70.3 Å². The lowest BCUT2D eigenvalue weighted by Crippen LogP contribution is -2.16. The van der Waals surface area contributed by atoms with Gasteiger partial charge in [0, 0.05) is 16.7 Å². The van der Waals surface area contributed by atoms with Crippen molar-refractivity contribution < 1.29 is 4.79 Å². The third-order valence-corrected chi connectivity index (χ3v) is 4.36. The summed E-state index contributed by atoms with van der Waals surface area (Å²) in [5, 5.41) is 0. The van der Waals surface area contributed by atoms with Gasteiger partial charge in [0.15, 0.2) is 5.78 Å². The van der Waals surface area contributed by atoms with Gasteiger partial charge in [0.1, 0.15) is 8.07 Å². The lowest BCUT2D eigenvalue weighted by Gasteiger charge is -2.10. The number of hydrogen-bond donors (Lipinski definition) is 0. The second-order valence-electron chi connectivity index (χ2n) is 6.68. The number of benzene rings is 2. The van der Waals surface area contributed by atoms with Gasteiger partial charge in [-0.2, -0.15) is 0 Å². The van der Waals surface area contributed by atoms with Crippen molar-refractivity contribution in [2.24, 2.45) is 0 Å². The summed E-state index contributed by atoms with van der Waals surface area (Å²) in [4.78, 5) is 12.8. The fraction of sp³-hybridized carbons (Fsp3) is 0.250. The molecule has 1 nitrogen and oxygen atoms in total. The van der Waals surface area contributed by atoms with E-state index < -0.39 is 8.07 Å². The Morgan fingerprint density at radius 1 is 0.955 bits per heavy atom. The molecule has 2 aromatic carbocycles. The molecule has 0 atom stereocenters. The molecule has 0 spiro atoms. The minimum absolute atomic E-state index is 0.0450. The standard InChI is InChI=1S/C20H22OSi/c1-15-13-18(11-12-22(3,4)5)19(14-16(15)2)20(21)17-9-7-6-8-10-17/h6-10,13-14H,1-5H3. The molecule has 2 heteroatoms. The van der Waals surface area contributed by atoms with Crippen LogP contribution in [0.1, 0.15) is 32.6 Å². The highest BCUT2D eigenvalue weighted by atomic mass is 28.3. The normalized spacial score (nSPS) is 10.8. The van der Waals surface area contributed by atoms with E-state index in [4.69, 9.17) is 0 Å². The van der Waals surface area contributed by atoms with Crippen molar-refractivity contribution in [1.29, 1.82) is 0 Å². The number of carbonyl (C=O) groups excluding carboxylic acids is 1. The second kappa shape index (κ2) is 6.33. The molecule has 0 aromatic heterocycles. The summed E-state index contributed by atoms with van der Waals surface area (Å²) in [6.45, 7) is 10.7. The van der Waals surface area contributed by atoms with Crippen LogP contribution in [-0.2, 0) is 0 Å². The van der Waals surface area contributed by atoms with E-state index in [1.54, 1.807) is 0 Å². The molecule has 2 aromatic rings. The van der Waals surface area contributed by atoms with Crippen molar-refractivity contribution in [2.75, 3.05) is 0 Å². The molecular formula is C20H22OSi. The van der Waals surface area contributed by atoms with Crippen LogP contribution in [0.3, 0.4) is 0 Å². The van der Waals surface area contributed by atoms with Crippen LogP contribution in [-0.4, -0.2) is 13.9 Å². The second-order valence-corrected chi connectivity index (χ2v) is 11.4. The van der Waals surface area contributed by atoms with Crippen molar-refractivity contribution in [2.45, 2.75) is 33.5 Å². The highest BCUT2D eigenvalue weighted by Crippen LogP contribution is 2.19. The predicted molar refractivity (Wildman–Crippen MR) is 96.0 cm³/mol. The van der Waals surface area contributed by atoms with Gasteiger partial charge in [0.2, 0.25) is 0 Å². The maximum Gasteiger partial charge on any atom is 0.194 e. The molecule has 0 amide bonds. The Balaban J connectivity index is 2.56. The Bertz CT molecular complexity index is 756. The first-order valence-corrected chi connectivity index (χ1v) is 11.0. The van der Waals surface area contributed by atoms with E-state index in [0.717, 1.165) is 11.1 Å². The lowest BCUT2D eigenvalue weighted by atomic mass is 9.94. The third-order valence-electron chi connectivity index (χ3n) is 3.49. The molecular weight excluding hydrogens is 284 g/mol. The van der Waals surface area contributed by atoms with E-state index >= 15 is 0 Å². The number of hydrogen-bond acceptors (Lipinski definition) is 1. The smallest absolute Gasteiger partial charge is 0.194 e. The van der Waals surface area contributed by atoms with Crippen LogP contribution in [0, 0.1) is 25.3 Å². The Labute approximate surface area is 134 Å². The van der Waals surface area contributed by atoms with E-state index in [2.05, 4.69) is 38.0 Å². The summed E-state index contributed by atoms with van der Waals surface area (Å²) in [5.41, 5.74) is 7.93. The van der Waals surface area contributed by atoms with Gasteiger partial charge in [-0.1, -0.05) is 55.9 Å². The minimum Gasteiger partial charge on any atom is -0.289 e. The number of ketones is 1. The van der Waals surface area contributed by atoms with Gasteiger partial charge >= 0.3 is 0 Å². The monoisotopic (exact) mass is 306 g/mol. The first-order chi connectivity index (χ1) is 10.3. The highest BCUT2D eigenvalue weighted by Gasteiger charge is 2.15. The molecule has 0 saturated carbocycles. The zero-order valence-electron chi connectivity index (χ0n) is 13.9. The topological polar surface area (TPSA) is 17.1 Å². The summed E-state index contributed by atoms with van der Waals surface area (Å²) in [6.07, 6.45) is 0. The van der Waals surface area contributed by atoms with Crippen LogP contribution in [0.4, 0.5) is 0 Å². The largest absolute Gasteiger partial charge is 0.289 e. The third kappa shape index (κ3) is 3.96. The van der Waals surface area contributed by atoms with Gasteiger partial charge in [-0.15, -0.1) is 5.54 Å². The molecule has 0 aliphatic heterocycles. The van der Waals surface area contributed by atoms with Crippen LogP contribution in [0.25, 0.3) is 0 Å². The van der Waals surface area contributed by atoms with Crippen molar-refractivity contribution in [3.8, 4) is 11.5 Å². The summed E-state index contributed by atoms with van der Waals surface area (Å²) < 4.78 is 0. The fourth-order valence-corrected chi connectivity index (χ4v) is 2.62. The van der Waals surface area contributed by atoms with E-state index in [1.807, 2.05) is 49.4 Å². The average Bonchev–Trinajstić information content (AvgIpc) is 2.47. The van der Waals surface area contributed by atoms with E-state index in [1.165, 1.54) is 5.56 Å². The molecule has 0 unspecified atom stereocenters. The minimum atomic E-state index is -1.48. The number of aryl methyl sites for hydroxylation is 2. The molecule has 0 saturated heterocycles. The van der Waals surface area contributed by atoms with Crippen LogP contribution >= 0.6 is 0 Å². The summed E-state index contributed by atoms with van der Waals surface area (Å²) in [6, 6.07) is 13.4. The SMILES string of the molecule is Cc1cc(C#C[Si](C)(C)C)c(C(=O)c2ccccc2)cc1C. The van der Waals surface area contributed by atoms with E-state index in [0.29, 0.717) is 11.1 Å². The maximum atomic E-state index is 12.8. The summed E-state index contributed by atoms with van der Waals surface area (Å²) in [7, 11) is -1.48. The van der Waals surface area contributed by atoms with E-state index in [-0.39, 0.29) is 5.78 Å². The molecule has 0 aliphatic carbocycles. The Kier molecular flexibility index (Phi) is 4.68. The quantitative estimate of drug-likeness (QED) is 0.444. The number of rotatable bonds is 2. The summed E-state index contributed by atoms with van der Waals surface area (Å²) >= 11 is 0. The average molecular weight is 306 g/mol. The van der Waals surface area contributed by atoms with Crippen molar-refractivity contribution in [3.63, 3.8) is 0 Å². The lowest BCUT2D eigenvalue weighted by molar-refractivity contribution is 0.103. The maximum absolute atomic E-state index is 12.8. The molecule has 0 bridgehead atoms. The number of carbonyl (C=O) groups is 1. The Morgan fingerprint density at radius 3 is 2.14 bits per heavy atom. The van der Waals surface area contributed by atoms with Gasteiger partial charge < -0.3 is 0 Å². The molecule has 0 N–H and O–H groups in total. The van der Waals surface area contributed by atoms with Crippen LogP contribution in [0.15, 0.2) is 42.5 Å². The van der Waals surface area contributed by atoms with Crippen molar-refractivity contribution >= 4 is 13.9 Å². The Morgan fingerprint density at radius 2 is 1.55 bits per heavy atom. The molecule has 0 radical (unpaired) electrons. The molecule has 2 rings (SSSR count). The highest BCUT2D eigenvalue weighted by molar-refractivity contribution is 6.83. The molecule has 0 aliphatic rings. The zero-order valence-corrected chi connectivity index (χ0v) is 14.9. The van der Waals surface area contributed by atoms with Crippen molar-refractivity contribution in [1.82, 2.24) is 0 Å². The molecule has 0 heterocycles. The first kappa shape index (κ1) is 16.3. The van der Waals surface area contributed by atoms with Gasteiger partial charge in [0.05, 0.1) is 0 Å². The van der Waals surface area contributed by atoms with Crippen LogP contribution in [0.5, 0.6) is 0 Å². The van der Waals surface area contributed by atoms with Gasteiger partial charge in [-0.25, -0.2) is 0 Å². The summed E-state index contributed by atoms with van der Waals surface area (Å²) in [5.74, 6) is 3.31. The van der Waals surface area contributed by atoms with Crippen LogP contribution in [0.2, 0.25) is 19.6 Å². The fourth-order valence-electron chi connectivity index (χ4n) is 2.11. The van der Waals surface area contributed by atoms with Gasteiger partial charge in [-0.3, -0.25) is 4.79 Å². The first-order valence-electron chi connectivity index (χ1n) is 7.52. The zero-order chi connectivity index (χ0) is 16.3. The molecule has 0 fully saturated rings. The van der Waals surface area contributed by atoms with Crippen LogP contribution < -0.4 is 0 Å². The predicted octanol–water partition coefficient (Wildman–Crippen LogP) is 4.76.